The fourth-order valence-corrected chi connectivity index (χ4v) is 9.83. The Hall–Kier alpha value is -4.54. The van der Waals surface area contributed by atoms with Crippen LogP contribution in [0.2, 0.25) is 0 Å². The van der Waals surface area contributed by atoms with Gasteiger partial charge in [-0.3, -0.25) is 28.9 Å². The second kappa shape index (κ2) is 15.8. The molecule has 324 valence electrons. The number of rotatable bonds is 10. The van der Waals surface area contributed by atoms with E-state index in [-0.39, 0.29) is 41.5 Å². The van der Waals surface area contributed by atoms with Crippen LogP contribution in [-0.4, -0.2) is 98.3 Å². The van der Waals surface area contributed by atoms with Crippen molar-refractivity contribution < 1.29 is 51.0 Å². The number of carbonyl (C=O) groups excluding carboxylic acids is 3. The van der Waals surface area contributed by atoms with Crippen molar-refractivity contribution in [2.45, 2.75) is 153 Å². The molecule has 14 nitrogen and oxygen atoms in total. The van der Waals surface area contributed by atoms with Crippen LogP contribution in [0.1, 0.15) is 107 Å². The molecule has 6 rings (SSSR count). The average Bonchev–Trinajstić information content (AvgIpc) is 4.05. The van der Waals surface area contributed by atoms with Crippen LogP contribution in [-0.2, 0) is 24.4 Å². The summed E-state index contributed by atoms with van der Waals surface area (Å²) >= 11 is 0. The van der Waals surface area contributed by atoms with E-state index in [2.05, 4.69) is 15.0 Å². The van der Waals surface area contributed by atoms with Gasteiger partial charge in [-0.2, -0.15) is 13.8 Å². The first-order chi connectivity index (χ1) is 27.5. The number of allylic oxidation sites excluding steroid dienone is 1. The van der Waals surface area contributed by atoms with Gasteiger partial charge in [-0.05, 0) is 103 Å². The maximum atomic E-state index is 17.7. The van der Waals surface area contributed by atoms with Gasteiger partial charge < -0.3 is 19.9 Å². The number of nitrogens with one attached hydrogen (secondary N) is 2. The minimum Gasteiger partial charge on any atom is -0.475 e. The van der Waals surface area contributed by atoms with E-state index in [9.17, 15) is 27.9 Å². The molecule has 2 aliphatic heterocycles. The molecule has 3 fully saturated rings. The molecule has 1 saturated heterocycles. The number of sulfonamides is 1. The number of nitrogens with zero attached hydrogens (tertiary/aromatic N) is 3. The topological polar surface area (TPSA) is 185 Å². The smallest absolute Gasteiger partial charge is 0.408 e. The van der Waals surface area contributed by atoms with E-state index in [1.165, 1.54) is 6.92 Å². The third-order valence-corrected chi connectivity index (χ3v) is 14.8. The van der Waals surface area contributed by atoms with Gasteiger partial charge in [-0.25, -0.2) is 13.2 Å². The van der Waals surface area contributed by atoms with Crippen LogP contribution in [0.25, 0.3) is 10.8 Å². The molecule has 3 heterocycles. The predicted molar refractivity (Wildman–Crippen MR) is 215 cm³/mol. The minimum atomic E-state index is -4.29. The Labute approximate surface area is 344 Å². The lowest BCUT2D eigenvalue weighted by atomic mass is 9.86. The van der Waals surface area contributed by atoms with Gasteiger partial charge >= 0.3 is 12.1 Å². The Kier molecular flexibility index (Phi) is 11.8. The largest absolute Gasteiger partial charge is 0.475 e. The predicted octanol–water partition coefficient (Wildman–Crippen LogP) is 6.39. The van der Waals surface area contributed by atoms with Crippen LogP contribution in [0, 0.1) is 17.8 Å². The van der Waals surface area contributed by atoms with Crippen LogP contribution >= 0.6 is 0 Å². The second-order valence-electron chi connectivity index (χ2n) is 17.8. The van der Waals surface area contributed by atoms with Gasteiger partial charge in [-0.1, -0.05) is 51.1 Å². The normalized spacial score (nSPS) is 31.4. The first-order valence-electron chi connectivity index (χ1n) is 20.5. The number of aromatic nitrogens is 1. The number of carboxylic acid groups (broad SMARTS) is 1. The average molecular weight is 846 g/mol. The quantitative estimate of drug-likeness (QED) is 0.179. The minimum absolute atomic E-state index is 0.0211. The number of alkyl halides is 2. The molecule has 1 aromatic heterocycles. The van der Waals surface area contributed by atoms with Crippen LogP contribution in [0.4, 0.5) is 13.6 Å². The van der Waals surface area contributed by atoms with Gasteiger partial charge in [0.25, 0.3) is 11.8 Å². The lowest BCUT2D eigenvalue weighted by Crippen LogP contribution is -2.64. The third kappa shape index (κ3) is 8.19. The van der Waals surface area contributed by atoms with E-state index in [1.54, 1.807) is 71.0 Å². The number of benzene rings is 1. The second-order valence-corrected chi connectivity index (χ2v) is 20.0. The first-order valence-corrected chi connectivity index (χ1v) is 22.0. The molecule has 0 bridgehead atoms. The summed E-state index contributed by atoms with van der Waals surface area (Å²) in [6, 6.07) is -0.320. The molecule has 8 atom stereocenters. The molecule has 2 aromatic rings. The van der Waals surface area contributed by atoms with Gasteiger partial charge in [0, 0.05) is 29.8 Å². The van der Waals surface area contributed by atoms with Crippen molar-refractivity contribution in [3.05, 3.63) is 42.5 Å². The van der Waals surface area contributed by atoms with Gasteiger partial charge in [-0.15, -0.1) is 0 Å². The van der Waals surface area contributed by atoms with Crippen LogP contribution in [0.15, 0.2) is 42.5 Å². The zero-order valence-corrected chi connectivity index (χ0v) is 35.8. The first kappa shape index (κ1) is 44.0. The molecule has 2 aliphatic carbocycles. The SMILES string of the molecule is CCC(C)N(C(=O)O)[C@@H]1C(=O)N2[C@@H](C[C@@](C)(Oc3nc(OC(C)C)cc4ccccc34)C2(F)F)C(=O)N[C@]2(C(=O)NS(=O)(=O)C3(C)CC3)C[C@H]2/C=C\CC[C@@H](C)C[C@H]1C. The Bertz CT molecular complexity index is 2130. The summed E-state index contributed by atoms with van der Waals surface area (Å²) in [4.78, 5) is 62.4. The maximum absolute atomic E-state index is 17.7. The van der Waals surface area contributed by atoms with Crippen molar-refractivity contribution in [3.8, 4) is 11.8 Å². The molecule has 1 aromatic carbocycles. The standard InChI is InChI=1S/C42H57F2N5O9S/c1-9-27(6)48(38(53)54)33-26(5)20-25(4)14-10-12-16-29-22-41(29,37(52)47-59(55,56)39(7)18-19-39)46-34(50)31-23-40(8,42(43,44)49(31)36(33)51)58-35-30-17-13-11-15-28(30)21-32(45-35)57-24(2)3/h11-13,15-17,21,24-27,29,31,33H,9-10,14,18-20,22-23H2,1-8H3,(H,46,50)(H,47,52)(H,53,54)/b16-12-/t25-,26-,27?,29-,31+,33+,40-,41-/m1/s1. The molecule has 1 unspecified atom stereocenters. The molecule has 2 saturated carbocycles. The molecule has 59 heavy (non-hydrogen) atoms. The number of hydrogen-bond donors (Lipinski definition) is 3. The van der Waals surface area contributed by atoms with E-state index in [4.69, 9.17) is 9.47 Å². The van der Waals surface area contributed by atoms with Crippen molar-refractivity contribution in [3.63, 3.8) is 0 Å². The van der Waals surface area contributed by atoms with Crippen LogP contribution in [0.3, 0.4) is 0 Å². The maximum Gasteiger partial charge on any atom is 0.408 e. The van der Waals surface area contributed by atoms with E-state index in [0.717, 1.165) is 11.8 Å². The van der Waals surface area contributed by atoms with Gasteiger partial charge in [0.1, 0.15) is 17.6 Å². The molecule has 3 N–H and O–H groups in total. The summed E-state index contributed by atoms with van der Waals surface area (Å²) < 4.78 is 75.0. The lowest BCUT2D eigenvalue weighted by Gasteiger charge is -2.42. The number of pyridine rings is 1. The summed E-state index contributed by atoms with van der Waals surface area (Å²) in [6.45, 7) is 13.0. The summed E-state index contributed by atoms with van der Waals surface area (Å²) in [5.74, 6) is -5.17. The molecule has 0 spiro atoms. The zero-order chi connectivity index (χ0) is 43.5. The Morgan fingerprint density at radius 1 is 1.12 bits per heavy atom. The highest BCUT2D eigenvalue weighted by Crippen LogP contribution is 2.51. The highest BCUT2D eigenvalue weighted by atomic mass is 32.2. The van der Waals surface area contributed by atoms with Gasteiger partial charge in [0.15, 0.2) is 5.60 Å². The van der Waals surface area contributed by atoms with Crippen molar-refractivity contribution in [2.75, 3.05) is 0 Å². The molecule has 4 aliphatic rings. The Morgan fingerprint density at radius 2 is 1.80 bits per heavy atom. The van der Waals surface area contributed by atoms with Crippen LogP contribution < -0.4 is 19.5 Å². The van der Waals surface area contributed by atoms with Crippen LogP contribution in [0.5, 0.6) is 11.8 Å². The van der Waals surface area contributed by atoms with Crippen molar-refractivity contribution in [1.29, 1.82) is 0 Å². The Morgan fingerprint density at radius 3 is 2.42 bits per heavy atom. The molecular formula is C42H57F2N5O9S. The van der Waals surface area contributed by atoms with Crippen molar-refractivity contribution >= 4 is 44.6 Å². The third-order valence-electron chi connectivity index (χ3n) is 12.7. The van der Waals surface area contributed by atoms with Crippen molar-refractivity contribution in [1.82, 2.24) is 24.8 Å². The van der Waals surface area contributed by atoms with Gasteiger partial charge in [0.2, 0.25) is 27.7 Å². The number of hydrogen-bond acceptors (Lipinski definition) is 9. The number of ether oxygens (including phenoxy) is 2. The molecular weight excluding hydrogens is 789 g/mol. The van der Waals surface area contributed by atoms with E-state index in [0.29, 0.717) is 42.9 Å². The zero-order valence-electron chi connectivity index (χ0n) is 35.0. The fraction of sp³-hybridized carbons (Fsp3) is 0.643. The number of halogens is 2. The summed E-state index contributed by atoms with van der Waals surface area (Å²) in [7, 11) is -4.16. The van der Waals surface area contributed by atoms with E-state index < -0.39 is 92.2 Å². The van der Waals surface area contributed by atoms with E-state index >= 15 is 13.6 Å². The fourth-order valence-electron chi connectivity index (χ4n) is 8.52. The monoisotopic (exact) mass is 845 g/mol. The highest BCUT2D eigenvalue weighted by Gasteiger charge is 2.71. The van der Waals surface area contributed by atoms with Crippen molar-refractivity contribution in [2.24, 2.45) is 17.8 Å². The molecule has 0 radical (unpaired) electrons. The summed E-state index contributed by atoms with van der Waals surface area (Å²) in [5, 5.41) is 14.1. The number of amides is 4. The summed E-state index contributed by atoms with van der Waals surface area (Å²) in [6.07, 6.45) is 3.24. The van der Waals surface area contributed by atoms with E-state index in [1.807, 2.05) is 13.0 Å². The lowest BCUT2D eigenvalue weighted by molar-refractivity contribution is -0.219. The molecule has 4 amide bonds. The molecule has 17 heteroatoms. The number of carbonyl (C=O) groups is 4. The summed E-state index contributed by atoms with van der Waals surface area (Å²) in [5.41, 5.74) is -4.49. The Balaban J connectivity index is 1.49. The highest BCUT2D eigenvalue weighted by molar-refractivity contribution is 7.91. The number of fused-ring (bicyclic) bond motifs is 3. The van der Waals surface area contributed by atoms with Gasteiger partial charge in [0.05, 0.1) is 10.9 Å².